The van der Waals surface area contributed by atoms with Gasteiger partial charge >= 0.3 is 0 Å². The fourth-order valence-electron chi connectivity index (χ4n) is 0.117. The van der Waals surface area contributed by atoms with Crippen LogP contribution in [-0.4, -0.2) is 12.5 Å². The summed E-state index contributed by atoms with van der Waals surface area (Å²) in [4.78, 5) is 13.9. The van der Waals surface area contributed by atoms with Gasteiger partial charge < -0.3 is 0 Å². The van der Waals surface area contributed by atoms with Crippen molar-refractivity contribution in [1.29, 1.82) is 0 Å². The van der Waals surface area contributed by atoms with Gasteiger partial charge in [-0.1, -0.05) is 0 Å². The average molecular weight is 178 g/mol. The molecule has 0 saturated heterocycles. The number of nitrogens with one attached hydrogen (secondary N) is 1. The summed E-state index contributed by atoms with van der Waals surface area (Å²) in [6.07, 6.45) is 0. The highest BCUT2D eigenvalue weighted by Crippen LogP contribution is 1.57. The van der Waals surface area contributed by atoms with Crippen molar-refractivity contribution in [2.45, 2.75) is 0 Å². The maximum Gasteiger partial charge on any atom is 0.261 e. The summed E-state index contributed by atoms with van der Waals surface area (Å²) < 4.78 is 0. The lowest BCUT2D eigenvalue weighted by Gasteiger charge is -1.92. The Bertz CT molecular complexity index is 70.8. The van der Waals surface area contributed by atoms with Gasteiger partial charge in [0, 0.05) is 0 Å². The second-order valence-corrected chi connectivity index (χ2v) is 0.879. The van der Waals surface area contributed by atoms with Crippen LogP contribution in [0.5, 0.6) is 0 Å². The van der Waals surface area contributed by atoms with Crippen LogP contribution >= 0.6 is 24.8 Å². The van der Waals surface area contributed by atoms with Crippen molar-refractivity contribution >= 4 is 30.7 Å². The van der Waals surface area contributed by atoms with E-state index < -0.39 is 5.91 Å². The van der Waals surface area contributed by atoms with E-state index in [1.54, 1.807) is 0 Å². The Hall–Kier alpha value is -0.0700. The minimum absolute atomic E-state index is 0. The van der Waals surface area contributed by atoms with Gasteiger partial charge in [-0.05, 0) is 0 Å². The first-order valence-electron chi connectivity index (χ1n) is 1.62. The molecule has 58 valence electrons. The van der Waals surface area contributed by atoms with Gasteiger partial charge in [0.2, 0.25) is 0 Å². The van der Waals surface area contributed by atoms with Crippen LogP contribution in [0.25, 0.3) is 0 Å². The molecule has 0 bridgehead atoms. The van der Waals surface area contributed by atoms with E-state index in [1.807, 2.05) is 5.43 Å². The maximum absolute atomic E-state index is 9.97. The van der Waals surface area contributed by atoms with E-state index >= 15 is 0 Å². The summed E-state index contributed by atoms with van der Waals surface area (Å²) in [5.41, 5.74) is 1.82. The zero-order valence-corrected chi connectivity index (χ0v) is 6.13. The number of hydrazine groups is 1. The monoisotopic (exact) mass is 177 g/mol. The molecule has 0 atom stereocenters. The molecule has 0 fully saturated rings. The number of amides is 1. The van der Waals surface area contributed by atoms with Crippen LogP contribution in [0, 0.1) is 0 Å². The van der Waals surface area contributed by atoms with Crippen molar-refractivity contribution in [3.05, 3.63) is 0 Å². The molecule has 0 aromatic heterocycles. The first-order chi connectivity index (χ1) is 3.31. The quantitative estimate of drug-likeness (QED) is 0.278. The molecule has 0 aromatic rings. The molecule has 0 aromatic carbocycles. The normalized spacial score (nSPS) is 6.44. The molecule has 0 aliphatic heterocycles. The third kappa shape index (κ3) is 11.5. The Kier molecular flexibility index (Phi) is 19.2. The van der Waals surface area contributed by atoms with Crippen LogP contribution in [0.1, 0.15) is 0 Å². The fourth-order valence-corrected chi connectivity index (χ4v) is 0.117. The van der Waals surface area contributed by atoms with Crippen molar-refractivity contribution in [2.75, 3.05) is 6.61 Å². The van der Waals surface area contributed by atoms with E-state index in [0.29, 0.717) is 0 Å². The van der Waals surface area contributed by atoms with Crippen molar-refractivity contribution < 1.29 is 9.63 Å². The first kappa shape index (κ1) is 16.0. The van der Waals surface area contributed by atoms with Gasteiger partial charge in [-0.15, -0.1) is 24.8 Å². The molecule has 0 spiro atoms. The molecule has 9 heavy (non-hydrogen) atoms. The number of carbonyl (C=O) groups excluding carboxylic acids is 1. The predicted octanol–water partition coefficient (Wildman–Crippen LogP) is -1.29. The summed E-state index contributed by atoms with van der Waals surface area (Å²) in [5, 5.41) is 0. The Balaban J connectivity index is -0.000000180. The number of halogens is 2. The number of rotatable bonds is 2. The maximum atomic E-state index is 9.97. The number of carbonyl (C=O) groups is 1. The smallest absolute Gasteiger partial charge is 0.261 e. The SMILES string of the molecule is Cl.Cl.NNC(=O)CON. The summed E-state index contributed by atoms with van der Waals surface area (Å²) in [6, 6.07) is 0. The lowest BCUT2D eigenvalue weighted by atomic mass is 10.7. The van der Waals surface area contributed by atoms with Gasteiger partial charge in [0.1, 0.15) is 6.61 Å². The van der Waals surface area contributed by atoms with Crippen LogP contribution in [0.4, 0.5) is 0 Å². The van der Waals surface area contributed by atoms with Gasteiger partial charge in [-0.25, -0.2) is 11.7 Å². The second-order valence-electron chi connectivity index (χ2n) is 0.879. The topological polar surface area (TPSA) is 90.4 Å². The molecule has 0 unspecified atom stereocenters. The Morgan fingerprint density at radius 2 is 2.00 bits per heavy atom. The van der Waals surface area contributed by atoms with Gasteiger partial charge in [0.05, 0.1) is 0 Å². The van der Waals surface area contributed by atoms with Crippen molar-refractivity contribution in [3.63, 3.8) is 0 Å². The molecule has 0 rings (SSSR count). The molecule has 0 heterocycles. The van der Waals surface area contributed by atoms with E-state index in [1.165, 1.54) is 0 Å². The molecule has 0 aliphatic carbocycles. The van der Waals surface area contributed by atoms with Gasteiger partial charge in [-0.3, -0.25) is 15.1 Å². The van der Waals surface area contributed by atoms with Gasteiger partial charge in [0.15, 0.2) is 0 Å². The van der Waals surface area contributed by atoms with Crippen LogP contribution in [0.2, 0.25) is 0 Å². The van der Waals surface area contributed by atoms with Crippen LogP contribution in [0.3, 0.4) is 0 Å². The zero-order valence-electron chi connectivity index (χ0n) is 4.49. The van der Waals surface area contributed by atoms with Crippen LogP contribution < -0.4 is 17.2 Å². The van der Waals surface area contributed by atoms with E-state index in [-0.39, 0.29) is 31.4 Å². The summed E-state index contributed by atoms with van der Waals surface area (Å²) in [5.74, 6) is 8.67. The minimum Gasteiger partial charge on any atom is -0.295 e. The Morgan fingerprint density at radius 3 is 2.11 bits per heavy atom. The van der Waals surface area contributed by atoms with Gasteiger partial charge in [0.25, 0.3) is 5.91 Å². The third-order valence-corrected chi connectivity index (χ3v) is 0.375. The largest absolute Gasteiger partial charge is 0.295 e. The van der Waals surface area contributed by atoms with Crippen LogP contribution in [-0.2, 0) is 9.63 Å². The highest BCUT2D eigenvalue weighted by atomic mass is 35.5. The lowest BCUT2D eigenvalue weighted by Crippen LogP contribution is -2.34. The van der Waals surface area contributed by atoms with E-state index in [4.69, 9.17) is 0 Å². The molecule has 0 aliphatic rings. The highest BCUT2D eigenvalue weighted by molar-refractivity contribution is 5.85. The third-order valence-electron chi connectivity index (χ3n) is 0.375. The number of hydrogen-bond donors (Lipinski definition) is 3. The highest BCUT2D eigenvalue weighted by Gasteiger charge is 1.91. The second kappa shape index (κ2) is 10.8. The van der Waals surface area contributed by atoms with Crippen molar-refractivity contribution in [2.24, 2.45) is 11.7 Å². The first-order valence-corrected chi connectivity index (χ1v) is 1.62. The van der Waals surface area contributed by atoms with Crippen molar-refractivity contribution in [3.8, 4) is 0 Å². The molecule has 0 saturated carbocycles. The molecule has 7 heteroatoms. The Morgan fingerprint density at radius 1 is 1.56 bits per heavy atom. The Labute approximate surface area is 64.8 Å². The van der Waals surface area contributed by atoms with E-state index in [0.717, 1.165) is 0 Å². The van der Waals surface area contributed by atoms with Gasteiger partial charge in [-0.2, -0.15) is 0 Å². The standard InChI is InChI=1S/C2H7N3O2.2ClH/c3-5-2(6)1-7-4;;/h1,3-4H2,(H,5,6);2*1H. The molecule has 5 nitrogen and oxygen atoms in total. The molecular weight excluding hydrogens is 169 g/mol. The average Bonchev–Trinajstić information content (AvgIpc) is 1.68. The fraction of sp³-hybridized carbons (Fsp3) is 0.500. The molecule has 0 radical (unpaired) electrons. The summed E-state index contributed by atoms with van der Waals surface area (Å²) in [6.45, 7) is -0.198. The molecular formula is C2H9Cl2N3O2. The predicted molar refractivity (Wildman–Crippen MR) is 37.0 cm³/mol. The van der Waals surface area contributed by atoms with Crippen molar-refractivity contribution in [1.82, 2.24) is 5.43 Å². The summed E-state index contributed by atoms with van der Waals surface area (Å²) in [7, 11) is 0. The van der Waals surface area contributed by atoms with E-state index in [9.17, 15) is 4.79 Å². The number of nitrogens with two attached hydrogens (primary N) is 2. The summed E-state index contributed by atoms with van der Waals surface area (Å²) >= 11 is 0. The lowest BCUT2D eigenvalue weighted by molar-refractivity contribution is -0.125. The van der Waals surface area contributed by atoms with Crippen LogP contribution in [0.15, 0.2) is 0 Å². The van der Waals surface area contributed by atoms with E-state index in [2.05, 4.69) is 16.6 Å². The number of hydrogen-bond acceptors (Lipinski definition) is 4. The molecule has 1 amide bonds. The zero-order chi connectivity index (χ0) is 5.70. The minimum atomic E-state index is -0.442. The molecule has 5 N–H and O–H groups in total.